The molecule has 1 N–H and O–H groups in total. The molecule has 4 aromatic carbocycles. The Hall–Kier alpha value is -3.90. The van der Waals surface area contributed by atoms with Gasteiger partial charge in [0.25, 0.3) is 0 Å². The van der Waals surface area contributed by atoms with Crippen molar-refractivity contribution < 1.29 is 14.4 Å². The SMILES string of the molecule is O=C(c1ccc(Cl)cc1Cl)[C@@H]1[C@H](C(=O)c2ccc(Cl)cc2)[C@]2(C(=O)Nc3ccccc32)[C@@H]2c3ccccc3C=CN12. The van der Waals surface area contributed by atoms with E-state index in [0.717, 1.165) is 11.1 Å². The lowest BCUT2D eigenvalue weighted by Crippen LogP contribution is -2.49. The van der Waals surface area contributed by atoms with E-state index >= 15 is 0 Å². The maximum atomic E-state index is 14.7. The molecule has 0 aromatic heterocycles. The zero-order valence-corrected chi connectivity index (χ0v) is 23.6. The lowest BCUT2D eigenvalue weighted by Gasteiger charge is -2.38. The van der Waals surface area contributed by atoms with Crippen LogP contribution in [-0.2, 0) is 10.2 Å². The molecule has 1 saturated heterocycles. The van der Waals surface area contributed by atoms with Gasteiger partial charge in [0.05, 0.1) is 17.0 Å². The van der Waals surface area contributed by atoms with E-state index in [9.17, 15) is 14.4 Å². The third-order valence-corrected chi connectivity index (χ3v) is 9.25. The molecule has 7 rings (SSSR count). The van der Waals surface area contributed by atoms with Gasteiger partial charge in [-0.3, -0.25) is 14.4 Å². The molecule has 1 fully saturated rings. The summed E-state index contributed by atoms with van der Waals surface area (Å²) >= 11 is 18.9. The van der Waals surface area contributed by atoms with Gasteiger partial charge in [-0.05, 0) is 71.3 Å². The van der Waals surface area contributed by atoms with Crippen molar-refractivity contribution in [2.24, 2.45) is 5.92 Å². The predicted molar refractivity (Wildman–Crippen MR) is 161 cm³/mol. The first-order chi connectivity index (χ1) is 19.8. The topological polar surface area (TPSA) is 66.5 Å². The Morgan fingerprint density at radius 2 is 1.51 bits per heavy atom. The van der Waals surface area contributed by atoms with Gasteiger partial charge in [0.1, 0.15) is 11.5 Å². The molecule has 0 saturated carbocycles. The number of nitrogens with zero attached hydrogens (tertiary/aromatic N) is 1. The molecule has 5 nitrogen and oxygen atoms in total. The number of rotatable bonds is 4. The van der Waals surface area contributed by atoms with Gasteiger partial charge >= 0.3 is 0 Å². The van der Waals surface area contributed by atoms with E-state index in [1.165, 1.54) is 6.07 Å². The number of benzene rings is 4. The lowest BCUT2D eigenvalue weighted by atomic mass is 9.62. The Balaban J connectivity index is 1.54. The van der Waals surface area contributed by atoms with Gasteiger partial charge < -0.3 is 10.2 Å². The van der Waals surface area contributed by atoms with Crippen LogP contribution < -0.4 is 5.32 Å². The number of hydrogen-bond donors (Lipinski definition) is 1. The summed E-state index contributed by atoms with van der Waals surface area (Å²) in [6, 6.07) is 24.7. The molecule has 41 heavy (non-hydrogen) atoms. The second-order valence-corrected chi connectivity index (χ2v) is 11.7. The highest BCUT2D eigenvalue weighted by Gasteiger charge is 2.70. The molecule has 4 atom stereocenters. The summed E-state index contributed by atoms with van der Waals surface area (Å²) < 4.78 is 0. The predicted octanol–water partition coefficient (Wildman–Crippen LogP) is 7.63. The average Bonchev–Trinajstić information content (AvgIpc) is 3.45. The number of hydrogen-bond acceptors (Lipinski definition) is 4. The van der Waals surface area contributed by atoms with Crippen LogP contribution in [0.1, 0.15) is 43.4 Å². The van der Waals surface area contributed by atoms with Crippen LogP contribution in [0.2, 0.25) is 15.1 Å². The largest absolute Gasteiger partial charge is 0.358 e. The van der Waals surface area contributed by atoms with Gasteiger partial charge in [0, 0.05) is 33.1 Å². The molecule has 0 bridgehead atoms. The fourth-order valence-electron chi connectivity index (χ4n) is 6.81. The smallest absolute Gasteiger partial charge is 0.238 e. The molecule has 1 spiro atoms. The van der Waals surface area contributed by atoms with E-state index in [-0.39, 0.29) is 28.1 Å². The molecule has 0 unspecified atom stereocenters. The second kappa shape index (κ2) is 9.59. The first-order valence-corrected chi connectivity index (χ1v) is 14.2. The Morgan fingerprint density at radius 3 is 2.29 bits per heavy atom. The minimum absolute atomic E-state index is 0.176. The summed E-state index contributed by atoms with van der Waals surface area (Å²) in [4.78, 5) is 45.6. The van der Waals surface area contributed by atoms with E-state index in [0.29, 0.717) is 26.9 Å². The van der Waals surface area contributed by atoms with Crippen LogP contribution in [-0.4, -0.2) is 28.4 Å². The molecule has 0 radical (unpaired) electrons. The van der Waals surface area contributed by atoms with E-state index in [4.69, 9.17) is 34.8 Å². The summed E-state index contributed by atoms with van der Waals surface area (Å²) in [7, 11) is 0. The number of carbonyl (C=O) groups is 3. The van der Waals surface area contributed by atoms with Gasteiger partial charge in [-0.1, -0.05) is 77.3 Å². The second-order valence-electron chi connectivity index (χ2n) is 10.4. The summed E-state index contributed by atoms with van der Waals surface area (Å²) in [5, 5.41) is 4.08. The van der Waals surface area contributed by atoms with Gasteiger partial charge in [-0.2, -0.15) is 0 Å². The van der Waals surface area contributed by atoms with Crippen molar-refractivity contribution in [2.75, 3.05) is 5.32 Å². The highest BCUT2D eigenvalue weighted by atomic mass is 35.5. The zero-order chi connectivity index (χ0) is 28.5. The van der Waals surface area contributed by atoms with E-state index in [1.807, 2.05) is 65.7 Å². The van der Waals surface area contributed by atoms with Crippen LogP contribution in [0.3, 0.4) is 0 Å². The first kappa shape index (κ1) is 26.0. The Kier molecular flexibility index (Phi) is 6.09. The first-order valence-electron chi connectivity index (χ1n) is 13.1. The number of halogens is 3. The van der Waals surface area contributed by atoms with Crippen molar-refractivity contribution >= 4 is 64.0 Å². The van der Waals surface area contributed by atoms with Crippen LogP contribution >= 0.6 is 34.8 Å². The van der Waals surface area contributed by atoms with Crippen molar-refractivity contribution in [1.82, 2.24) is 4.90 Å². The van der Waals surface area contributed by atoms with E-state index in [1.54, 1.807) is 36.4 Å². The number of anilines is 1. The monoisotopic (exact) mass is 598 g/mol. The summed E-state index contributed by atoms with van der Waals surface area (Å²) in [6.07, 6.45) is 3.74. The minimum Gasteiger partial charge on any atom is -0.358 e. The maximum Gasteiger partial charge on any atom is 0.238 e. The Bertz CT molecular complexity index is 1800. The molecular formula is C33H21Cl3N2O3. The van der Waals surface area contributed by atoms with Gasteiger partial charge in [0.2, 0.25) is 5.91 Å². The van der Waals surface area contributed by atoms with Crippen molar-refractivity contribution in [3.63, 3.8) is 0 Å². The fourth-order valence-corrected chi connectivity index (χ4v) is 7.44. The number of amides is 1. The van der Waals surface area contributed by atoms with Crippen molar-refractivity contribution in [3.8, 4) is 0 Å². The Labute approximate surface area is 251 Å². The van der Waals surface area contributed by atoms with Gasteiger partial charge in [-0.15, -0.1) is 0 Å². The number of carbonyl (C=O) groups excluding carboxylic acids is 3. The molecule has 4 aromatic rings. The summed E-state index contributed by atoms with van der Waals surface area (Å²) in [6.45, 7) is 0. The van der Waals surface area contributed by atoms with Crippen LogP contribution in [0.15, 0.2) is 97.2 Å². The average molecular weight is 600 g/mol. The van der Waals surface area contributed by atoms with Gasteiger partial charge in [-0.25, -0.2) is 0 Å². The van der Waals surface area contributed by atoms with Crippen LogP contribution in [0.5, 0.6) is 0 Å². The zero-order valence-electron chi connectivity index (χ0n) is 21.4. The minimum atomic E-state index is -1.42. The summed E-state index contributed by atoms with van der Waals surface area (Å²) in [5.74, 6) is -2.14. The lowest BCUT2D eigenvalue weighted by molar-refractivity contribution is -0.122. The van der Waals surface area contributed by atoms with Crippen LogP contribution in [0.25, 0.3) is 6.08 Å². The third-order valence-electron chi connectivity index (χ3n) is 8.45. The van der Waals surface area contributed by atoms with E-state index in [2.05, 4.69) is 5.32 Å². The van der Waals surface area contributed by atoms with E-state index < -0.39 is 23.4 Å². The number of ketones is 2. The molecule has 8 heteroatoms. The van der Waals surface area contributed by atoms with Crippen LogP contribution in [0.4, 0.5) is 5.69 Å². The molecule has 3 aliphatic rings. The number of fused-ring (bicyclic) bond motifs is 6. The third kappa shape index (κ3) is 3.73. The quantitative estimate of drug-likeness (QED) is 0.245. The molecule has 3 aliphatic heterocycles. The van der Waals surface area contributed by atoms with Crippen LogP contribution in [0, 0.1) is 5.92 Å². The number of Topliss-reactive ketones (excluding diaryl/α,β-unsaturated/α-hetero) is 2. The van der Waals surface area contributed by atoms with Crippen molar-refractivity contribution in [1.29, 1.82) is 0 Å². The molecule has 3 heterocycles. The fraction of sp³-hybridized carbons (Fsp3) is 0.121. The molecule has 0 aliphatic carbocycles. The van der Waals surface area contributed by atoms with Gasteiger partial charge in [0.15, 0.2) is 11.6 Å². The maximum absolute atomic E-state index is 14.7. The highest BCUT2D eigenvalue weighted by molar-refractivity contribution is 6.37. The number of para-hydroxylation sites is 1. The summed E-state index contributed by atoms with van der Waals surface area (Å²) in [5.41, 5.74) is 2.23. The molecule has 1 amide bonds. The molecule has 202 valence electrons. The highest BCUT2D eigenvalue weighted by Crippen LogP contribution is 2.62. The standard InChI is InChI=1S/C33H21Cl3N2O3/c34-20-11-9-19(10-12-20)29(39)27-28(30(40)23-14-13-21(35)17-25(23)36)38-16-15-18-5-1-2-6-22(18)31(38)33(27)24-7-3-4-8-26(24)37-32(33)41/h1-17,27-28,31H,(H,37,41)/t27-,28+,31+,33+/m1/s1. The Morgan fingerprint density at radius 1 is 0.805 bits per heavy atom. The normalized spacial score (nSPS) is 23.6. The van der Waals surface area contributed by atoms with Crippen molar-refractivity contribution in [3.05, 3.63) is 140 Å². The van der Waals surface area contributed by atoms with Crippen molar-refractivity contribution in [2.45, 2.75) is 17.5 Å². The number of nitrogens with one attached hydrogen (secondary N) is 1. The molecular weight excluding hydrogens is 579 g/mol.